The van der Waals surface area contributed by atoms with E-state index < -0.39 is 5.97 Å². The Morgan fingerprint density at radius 2 is 2.05 bits per heavy atom. The molecule has 0 bridgehead atoms. The first-order chi connectivity index (χ1) is 10.1. The van der Waals surface area contributed by atoms with E-state index in [1.807, 2.05) is 12.3 Å². The Bertz CT molecular complexity index is 404. The first-order valence-electron chi connectivity index (χ1n) is 7.77. The van der Waals surface area contributed by atoms with Crippen molar-refractivity contribution in [2.45, 2.75) is 44.9 Å². The van der Waals surface area contributed by atoms with Crippen LogP contribution in [-0.2, 0) is 4.79 Å². The number of amidine groups is 1. The summed E-state index contributed by atoms with van der Waals surface area (Å²) in [5.74, 6) is -0.164. The lowest BCUT2D eigenvalue weighted by molar-refractivity contribution is -0.780. The van der Waals surface area contributed by atoms with Gasteiger partial charge in [-0.3, -0.25) is 0 Å². The number of carboxylic acid groups (broad SMARTS) is 1. The normalized spacial score (nSPS) is 20.5. The molecule has 0 fully saturated rings. The van der Waals surface area contributed by atoms with Gasteiger partial charge in [0.1, 0.15) is 19.3 Å². The van der Waals surface area contributed by atoms with Gasteiger partial charge in [0.15, 0.2) is 0 Å². The zero-order chi connectivity index (χ0) is 15.6. The number of allylic oxidation sites excluding steroid dienone is 1. The van der Waals surface area contributed by atoms with E-state index in [1.54, 1.807) is 6.20 Å². The number of rotatable bonds is 12. The summed E-state index contributed by atoms with van der Waals surface area (Å²) in [6, 6.07) is 0. The number of unbranched alkanes of at least 4 members (excludes halogenated alkanes) is 5. The van der Waals surface area contributed by atoms with Crippen LogP contribution in [0, 0.1) is 0 Å². The Hall–Kier alpha value is -1.46. The van der Waals surface area contributed by atoms with E-state index in [1.165, 1.54) is 19.3 Å². The van der Waals surface area contributed by atoms with Gasteiger partial charge in [0, 0.05) is 13.0 Å². The first-order valence-corrected chi connectivity index (χ1v) is 7.77. The Labute approximate surface area is 127 Å². The van der Waals surface area contributed by atoms with Gasteiger partial charge in [-0.2, -0.15) is 0 Å². The van der Waals surface area contributed by atoms with Gasteiger partial charge < -0.3 is 15.6 Å². The standard InChI is InChI=1S/C16H27N3O2/c1-2-3-4-5-6-7-8-9-15-18-11-13-19(15,12-10-17)14-16(20)21/h2,11,13H,1,3-10,12,14,17H2. The van der Waals surface area contributed by atoms with Crippen molar-refractivity contribution in [3.05, 3.63) is 25.1 Å². The highest BCUT2D eigenvalue weighted by Crippen LogP contribution is 2.20. The SMILES string of the molecule is C=CCCCCCCCC1=NC=C[N+]1(CCN)CC(=O)[O-]. The highest BCUT2D eigenvalue weighted by molar-refractivity contribution is 5.80. The van der Waals surface area contributed by atoms with Crippen LogP contribution in [0.25, 0.3) is 0 Å². The fourth-order valence-electron chi connectivity index (χ4n) is 2.72. The number of carbonyl (C=O) groups excluding carboxylic acids is 1. The number of carbonyl (C=O) groups is 1. The van der Waals surface area contributed by atoms with Crippen molar-refractivity contribution in [1.29, 1.82) is 0 Å². The summed E-state index contributed by atoms with van der Waals surface area (Å²) in [4.78, 5) is 15.3. The van der Waals surface area contributed by atoms with E-state index in [4.69, 9.17) is 5.73 Å². The van der Waals surface area contributed by atoms with E-state index in [9.17, 15) is 9.90 Å². The Balaban J connectivity index is 2.38. The van der Waals surface area contributed by atoms with Gasteiger partial charge in [-0.25, -0.2) is 9.48 Å². The van der Waals surface area contributed by atoms with Crippen molar-refractivity contribution in [2.75, 3.05) is 19.6 Å². The maximum absolute atomic E-state index is 11.0. The second-order valence-corrected chi connectivity index (χ2v) is 5.52. The van der Waals surface area contributed by atoms with E-state index in [2.05, 4.69) is 11.6 Å². The third-order valence-electron chi connectivity index (χ3n) is 3.84. The fraction of sp³-hybridized carbons (Fsp3) is 0.625. The molecule has 2 N–H and O–H groups in total. The molecular weight excluding hydrogens is 266 g/mol. The molecule has 5 nitrogen and oxygen atoms in total. The number of nitrogens with two attached hydrogens (primary N) is 1. The van der Waals surface area contributed by atoms with Crippen LogP contribution in [0.2, 0.25) is 0 Å². The molecule has 0 radical (unpaired) electrons. The minimum Gasteiger partial charge on any atom is -0.544 e. The van der Waals surface area contributed by atoms with Crippen molar-refractivity contribution in [3.63, 3.8) is 0 Å². The largest absolute Gasteiger partial charge is 0.544 e. The summed E-state index contributed by atoms with van der Waals surface area (Å²) in [6.07, 6.45) is 13.2. The molecule has 0 aromatic carbocycles. The zero-order valence-corrected chi connectivity index (χ0v) is 12.8. The van der Waals surface area contributed by atoms with Gasteiger partial charge in [0.2, 0.25) is 5.84 Å². The highest BCUT2D eigenvalue weighted by Gasteiger charge is 2.34. The van der Waals surface area contributed by atoms with E-state index in [-0.39, 0.29) is 11.0 Å². The van der Waals surface area contributed by atoms with Gasteiger partial charge in [0.05, 0.1) is 12.2 Å². The Morgan fingerprint density at radius 1 is 1.33 bits per heavy atom. The summed E-state index contributed by atoms with van der Waals surface area (Å²) in [6.45, 7) is 4.63. The number of nitrogens with zero attached hydrogens (tertiary/aromatic N) is 2. The number of aliphatic carboxylic acids is 1. The average molecular weight is 293 g/mol. The number of aliphatic imine (C=N–C) groups is 1. The molecule has 0 aromatic heterocycles. The third kappa shape index (κ3) is 5.81. The molecule has 0 saturated carbocycles. The Morgan fingerprint density at radius 3 is 2.71 bits per heavy atom. The van der Waals surface area contributed by atoms with Crippen LogP contribution < -0.4 is 10.8 Å². The minimum absolute atomic E-state index is 0.0775. The second kappa shape index (κ2) is 9.47. The maximum Gasteiger partial charge on any atom is 0.207 e. The van der Waals surface area contributed by atoms with Crippen LogP contribution in [0.3, 0.4) is 0 Å². The third-order valence-corrected chi connectivity index (χ3v) is 3.84. The van der Waals surface area contributed by atoms with Crippen molar-refractivity contribution < 1.29 is 14.4 Å². The molecule has 0 aromatic rings. The predicted octanol–water partition coefficient (Wildman–Crippen LogP) is 1.31. The van der Waals surface area contributed by atoms with Gasteiger partial charge in [-0.1, -0.05) is 25.3 Å². The summed E-state index contributed by atoms with van der Waals surface area (Å²) >= 11 is 0. The lowest BCUT2D eigenvalue weighted by Gasteiger charge is -2.32. The summed E-state index contributed by atoms with van der Waals surface area (Å²) in [5.41, 5.74) is 5.63. The van der Waals surface area contributed by atoms with Crippen molar-refractivity contribution in [1.82, 2.24) is 0 Å². The molecule has 1 rings (SSSR count). The monoisotopic (exact) mass is 293 g/mol. The quantitative estimate of drug-likeness (QED) is 0.335. The van der Waals surface area contributed by atoms with Gasteiger partial charge >= 0.3 is 0 Å². The number of carboxylic acids is 1. The second-order valence-electron chi connectivity index (χ2n) is 5.52. The molecule has 0 amide bonds. The number of hydrogen-bond donors (Lipinski definition) is 1. The molecule has 1 atom stereocenters. The van der Waals surface area contributed by atoms with Crippen molar-refractivity contribution in [3.8, 4) is 0 Å². The van der Waals surface area contributed by atoms with Crippen LogP contribution in [-0.4, -0.2) is 35.9 Å². The van der Waals surface area contributed by atoms with Crippen LogP contribution in [0.5, 0.6) is 0 Å². The topological polar surface area (TPSA) is 78.5 Å². The summed E-state index contributed by atoms with van der Waals surface area (Å²) in [5, 5.41) is 11.0. The molecule has 118 valence electrons. The van der Waals surface area contributed by atoms with Gasteiger partial charge in [-0.15, -0.1) is 6.58 Å². The molecule has 0 spiro atoms. The average Bonchev–Trinajstić information content (AvgIpc) is 2.80. The molecule has 1 heterocycles. The predicted molar refractivity (Wildman–Crippen MR) is 83.1 cm³/mol. The Kier molecular flexibility index (Phi) is 7.93. The van der Waals surface area contributed by atoms with E-state index >= 15 is 0 Å². The highest BCUT2D eigenvalue weighted by atomic mass is 16.4. The molecule has 1 aliphatic rings. The lowest BCUT2D eigenvalue weighted by atomic mass is 10.1. The van der Waals surface area contributed by atoms with Gasteiger partial charge in [0.25, 0.3) is 0 Å². The maximum atomic E-state index is 11.0. The van der Waals surface area contributed by atoms with E-state index in [0.717, 1.165) is 31.5 Å². The van der Waals surface area contributed by atoms with Crippen LogP contribution in [0.1, 0.15) is 44.9 Å². The number of quaternary nitrogens is 1. The minimum atomic E-state index is -1.06. The molecule has 21 heavy (non-hydrogen) atoms. The van der Waals surface area contributed by atoms with Crippen LogP contribution in [0.15, 0.2) is 30.0 Å². The molecule has 0 aliphatic carbocycles. The van der Waals surface area contributed by atoms with Crippen molar-refractivity contribution >= 4 is 11.8 Å². The van der Waals surface area contributed by atoms with Crippen LogP contribution >= 0.6 is 0 Å². The molecule has 5 heteroatoms. The van der Waals surface area contributed by atoms with E-state index in [0.29, 0.717) is 13.1 Å². The fourth-order valence-corrected chi connectivity index (χ4v) is 2.72. The smallest absolute Gasteiger partial charge is 0.207 e. The zero-order valence-electron chi connectivity index (χ0n) is 12.8. The molecule has 1 unspecified atom stereocenters. The summed E-state index contributed by atoms with van der Waals surface area (Å²) < 4.78 is 0.231. The van der Waals surface area contributed by atoms with Gasteiger partial charge in [-0.05, 0) is 19.3 Å². The molecular formula is C16H27N3O2. The summed E-state index contributed by atoms with van der Waals surface area (Å²) in [7, 11) is 0. The first kappa shape index (κ1) is 17.6. The van der Waals surface area contributed by atoms with Crippen LogP contribution in [0.4, 0.5) is 0 Å². The number of hydrogen-bond acceptors (Lipinski definition) is 4. The lowest BCUT2D eigenvalue weighted by Crippen LogP contribution is -2.55. The van der Waals surface area contributed by atoms with Crippen molar-refractivity contribution in [2.24, 2.45) is 10.7 Å². The molecule has 1 aliphatic heterocycles. The molecule has 0 saturated heterocycles.